The molecule has 0 aliphatic rings. The second-order valence-electron chi connectivity index (χ2n) is 6.34. The van der Waals surface area contributed by atoms with Crippen molar-refractivity contribution in [2.45, 2.75) is 65.1 Å². The predicted molar refractivity (Wildman–Crippen MR) is 92.5 cm³/mol. The highest BCUT2D eigenvalue weighted by molar-refractivity contribution is 5.93. The maximum Gasteiger partial charge on any atom is 0.325 e. The number of carboxylic acid groups (broad SMARTS) is 1. The molecule has 3 amide bonds. The molecule has 0 rings (SSSR count). The molecule has 0 heterocycles. The third-order valence-electron chi connectivity index (χ3n) is 3.62. The highest BCUT2D eigenvalue weighted by Crippen LogP contribution is 2.06. The van der Waals surface area contributed by atoms with Gasteiger partial charge in [-0.2, -0.15) is 0 Å². The second kappa shape index (κ2) is 11.4. The van der Waals surface area contributed by atoms with E-state index >= 15 is 0 Å². The molecule has 6 N–H and O–H groups in total. The van der Waals surface area contributed by atoms with Crippen LogP contribution in [0.2, 0.25) is 0 Å². The topological polar surface area (TPSA) is 151 Å². The van der Waals surface area contributed by atoms with Gasteiger partial charge in [-0.3, -0.25) is 19.2 Å². The van der Waals surface area contributed by atoms with Crippen LogP contribution < -0.4 is 21.7 Å². The lowest BCUT2D eigenvalue weighted by atomic mass is 10.0. The molecule has 9 nitrogen and oxygen atoms in total. The Morgan fingerprint density at radius 1 is 0.960 bits per heavy atom. The van der Waals surface area contributed by atoms with Crippen LogP contribution in [0.25, 0.3) is 0 Å². The zero-order chi connectivity index (χ0) is 19.6. The lowest BCUT2D eigenvalue weighted by Gasteiger charge is -2.25. The second-order valence-corrected chi connectivity index (χ2v) is 6.34. The Labute approximate surface area is 148 Å². The number of aliphatic carboxylic acids is 1. The number of carboxylic acids is 1. The number of nitrogens with two attached hydrogens (primary N) is 1. The molecular formula is C16H30N4O5. The maximum atomic E-state index is 12.5. The third-order valence-corrected chi connectivity index (χ3v) is 3.62. The van der Waals surface area contributed by atoms with Crippen LogP contribution in [0.1, 0.15) is 47.0 Å². The number of hydrogen-bond acceptors (Lipinski definition) is 5. The molecule has 0 aromatic rings. The van der Waals surface area contributed by atoms with Gasteiger partial charge in [0.05, 0.1) is 0 Å². The predicted octanol–water partition coefficient (Wildman–Crippen LogP) is -0.650. The molecule has 0 aromatic heterocycles. The van der Waals surface area contributed by atoms with E-state index in [1.165, 1.54) is 13.8 Å². The van der Waals surface area contributed by atoms with Crippen LogP contribution in [-0.2, 0) is 19.2 Å². The lowest BCUT2D eigenvalue weighted by Crippen LogP contribution is -2.56. The Kier molecular flexibility index (Phi) is 10.4. The summed E-state index contributed by atoms with van der Waals surface area (Å²) in [5, 5.41) is 16.4. The number of hydrogen-bond donors (Lipinski definition) is 5. The minimum Gasteiger partial charge on any atom is -0.480 e. The van der Waals surface area contributed by atoms with Gasteiger partial charge < -0.3 is 26.8 Å². The Balaban J connectivity index is 4.99. The van der Waals surface area contributed by atoms with Gasteiger partial charge in [0.1, 0.15) is 18.1 Å². The summed E-state index contributed by atoms with van der Waals surface area (Å²) in [5.74, 6) is -2.84. The normalized spacial score (nSPS) is 14.3. The molecule has 0 aliphatic carbocycles. The molecule has 25 heavy (non-hydrogen) atoms. The van der Waals surface area contributed by atoms with Crippen molar-refractivity contribution in [2.24, 2.45) is 11.7 Å². The molecule has 0 radical (unpaired) electrons. The summed E-state index contributed by atoms with van der Waals surface area (Å²) in [6.45, 7) is 6.60. The molecule has 144 valence electrons. The fourth-order valence-electron chi connectivity index (χ4n) is 2.16. The first-order valence-corrected chi connectivity index (χ1v) is 8.40. The van der Waals surface area contributed by atoms with E-state index in [-0.39, 0.29) is 11.8 Å². The quantitative estimate of drug-likeness (QED) is 0.310. The number of amides is 3. The Hall–Kier alpha value is -2.16. The maximum absolute atomic E-state index is 12.5. The average molecular weight is 358 g/mol. The van der Waals surface area contributed by atoms with E-state index in [1.807, 2.05) is 0 Å². The monoisotopic (exact) mass is 358 g/mol. The van der Waals surface area contributed by atoms with E-state index in [0.29, 0.717) is 25.8 Å². The van der Waals surface area contributed by atoms with E-state index in [2.05, 4.69) is 16.0 Å². The van der Waals surface area contributed by atoms with Crippen LogP contribution in [0.4, 0.5) is 0 Å². The summed E-state index contributed by atoms with van der Waals surface area (Å²) in [4.78, 5) is 46.9. The molecule has 0 fully saturated rings. The number of rotatable bonds is 11. The van der Waals surface area contributed by atoms with Crippen molar-refractivity contribution in [3.05, 3.63) is 0 Å². The minimum atomic E-state index is -1.17. The van der Waals surface area contributed by atoms with E-state index in [9.17, 15) is 19.2 Å². The van der Waals surface area contributed by atoms with E-state index < -0.39 is 35.9 Å². The van der Waals surface area contributed by atoms with Gasteiger partial charge in [0.15, 0.2) is 0 Å². The van der Waals surface area contributed by atoms with E-state index in [0.717, 1.165) is 0 Å². The highest BCUT2D eigenvalue weighted by Gasteiger charge is 2.29. The van der Waals surface area contributed by atoms with E-state index in [4.69, 9.17) is 10.8 Å². The van der Waals surface area contributed by atoms with Gasteiger partial charge >= 0.3 is 5.97 Å². The van der Waals surface area contributed by atoms with Crippen molar-refractivity contribution >= 4 is 23.7 Å². The standard InChI is InChI=1S/C16H30N4O5/c1-9(2)13(15(23)18-10(3)16(24)25)20-14(22)12(19-11(4)21)7-5-6-8-17/h9-10,12-13H,5-8,17H2,1-4H3,(H,18,23)(H,19,21)(H,20,22)(H,24,25)/t10-,12-,13-/m0/s1. The molecule has 0 unspecified atom stereocenters. The van der Waals surface area contributed by atoms with Gasteiger partial charge in [-0.25, -0.2) is 0 Å². The van der Waals surface area contributed by atoms with Crippen LogP contribution in [0.5, 0.6) is 0 Å². The minimum absolute atomic E-state index is 0.257. The molecule has 0 saturated carbocycles. The lowest BCUT2D eigenvalue weighted by molar-refractivity contribution is -0.142. The van der Waals surface area contributed by atoms with E-state index in [1.54, 1.807) is 13.8 Å². The number of carbonyl (C=O) groups is 4. The molecule has 3 atom stereocenters. The third kappa shape index (κ3) is 9.04. The number of unbranched alkanes of at least 4 members (excludes halogenated alkanes) is 1. The van der Waals surface area contributed by atoms with Gasteiger partial charge in [0.25, 0.3) is 0 Å². The van der Waals surface area contributed by atoms with Crippen LogP contribution in [0.15, 0.2) is 0 Å². The first-order valence-electron chi connectivity index (χ1n) is 8.40. The largest absolute Gasteiger partial charge is 0.480 e. The smallest absolute Gasteiger partial charge is 0.325 e. The molecule has 0 aromatic carbocycles. The fraction of sp³-hybridized carbons (Fsp3) is 0.750. The van der Waals surface area contributed by atoms with Gasteiger partial charge in [0, 0.05) is 6.92 Å². The first-order chi connectivity index (χ1) is 11.6. The van der Waals surface area contributed by atoms with Crippen molar-refractivity contribution in [2.75, 3.05) is 6.54 Å². The van der Waals surface area contributed by atoms with Crippen LogP contribution in [0, 0.1) is 5.92 Å². The molecule has 0 aliphatic heterocycles. The van der Waals surface area contributed by atoms with Crippen molar-refractivity contribution in [3.63, 3.8) is 0 Å². The zero-order valence-corrected chi connectivity index (χ0v) is 15.3. The van der Waals surface area contributed by atoms with Crippen LogP contribution in [0.3, 0.4) is 0 Å². The summed E-state index contributed by atoms with van der Waals surface area (Å²) in [6.07, 6.45) is 1.78. The van der Waals surface area contributed by atoms with Crippen molar-refractivity contribution in [3.8, 4) is 0 Å². The SMILES string of the molecule is CC(=O)N[C@@H](CCCCN)C(=O)N[C@H](C(=O)N[C@@H](C)C(=O)O)C(C)C. The summed E-state index contributed by atoms with van der Waals surface area (Å²) in [6, 6.07) is -2.74. The highest BCUT2D eigenvalue weighted by atomic mass is 16.4. The van der Waals surface area contributed by atoms with Crippen molar-refractivity contribution in [1.82, 2.24) is 16.0 Å². The van der Waals surface area contributed by atoms with Gasteiger partial charge in [-0.05, 0) is 38.6 Å². The van der Waals surface area contributed by atoms with Gasteiger partial charge in [-0.1, -0.05) is 13.8 Å². The summed E-state index contributed by atoms with van der Waals surface area (Å²) < 4.78 is 0. The summed E-state index contributed by atoms with van der Waals surface area (Å²) in [5.41, 5.74) is 5.43. The van der Waals surface area contributed by atoms with Crippen molar-refractivity contribution in [1.29, 1.82) is 0 Å². The Morgan fingerprint density at radius 2 is 1.56 bits per heavy atom. The average Bonchev–Trinajstić information content (AvgIpc) is 2.50. The number of carbonyl (C=O) groups excluding carboxylic acids is 3. The number of nitrogens with one attached hydrogen (secondary N) is 3. The summed E-state index contributed by atoms with van der Waals surface area (Å²) in [7, 11) is 0. The van der Waals surface area contributed by atoms with Gasteiger partial charge in [-0.15, -0.1) is 0 Å². The van der Waals surface area contributed by atoms with Crippen LogP contribution >= 0.6 is 0 Å². The van der Waals surface area contributed by atoms with Crippen molar-refractivity contribution < 1.29 is 24.3 Å². The molecular weight excluding hydrogens is 328 g/mol. The molecule has 0 saturated heterocycles. The molecule has 0 spiro atoms. The fourth-order valence-corrected chi connectivity index (χ4v) is 2.16. The van der Waals surface area contributed by atoms with Crippen LogP contribution in [-0.4, -0.2) is 53.5 Å². The molecule has 9 heteroatoms. The zero-order valence-electron chi connectivity index (χ0n) is 15.3. The molecule has 0 bridgehead atoms. The Bertz CT molecular complexity index is 481. The Morgan fingerprint density at radius 3 is 2.00 bits per heavy atom. The first kappa shape index (κ1) is 22.8. The summed E-state index contributed by atoms with van der Waals surface area (Å²) >= 11 is 0. The van der Waals surface area contributed by atoms with Gasteiger partial charge in [0.2, 0.25) is 17.7 Å².